The second-order valence-corrected chi connectivity index (χ2v) is 6.76. The highest BCUT2D eigenvalue weighted by Gasteiger charge is 2.15. The summed E-state index contributed by atoms with van der Waals surface area (Å²) in [6.45, 7) is 5.04. The number of aromatic nitrogens is 3. The summed E-state index contributed by atoms with van der Waals surface area (Å²) < 4.78 is 7.30. The number of amides is 1. The third-order valence-electron chi connectivity index (χ3n) is 4.89. The van der Waals surface area contributed by atoms with Gasteiger partial charge < -0.3 is 19.5 Å². The van der Waals surface area contributed by atoms with Crippen LogP contribution in [0.25, 0.3) is 5.69 Å². The largest absolute Gasteiger partial charge is 0.378 e. The third kappa shape index (κ3) is 4.04. The van der Waals surface area contributed by atoms with Crippen molar-refractivity contribution >= 4 is 11.7 Å². The van der Waals surface area contributed by atoms with Crippen LogP contribution in [0, 0.1) is 0 Å². The van der Waals surface area contributed by atoms with E-state index in [-0.39, 0.29) is 11.9 Å². The van der Waals surface area contributed by atoms with E-state index in [9.17, 15) is 4.79 Å². The molecule has 4 rings (SSSR count). The number of hydrogen-bond donors (Lipinski definition) is 1. The van der Waals surface area contributed by atoms with Crippen LogP contribution < -0.4 is 10.2 Å². The maximum absolute atomic E-state index is 12.6. The molecule has 0 saturated carbocycles. The van der Waals surface area contributed by atoms with Crippen molar-refractivity contribution in [2.45, 2.75) is 13.0 Å². The molecule has 1 saturated heterocycles. The van der Waals surface area contributed by atoms with Gasteiger partial charge in [-0.05, 0) is 36.8 Å². The Balaban J connectivity index is 1.38. The number of nitrogens with zero attached hydrogens (tertiary/aromatic N) is 4. The van der Waals surface area contributed by atoms with Gasteiger partial charge in [0, 0.05) is 37.4 Å². The first-order valence-corrected chi connectivity index (χ1v) is 9.38. The number of rotatable bonds is 5. The monoisotopic (exact) mass is 377 g/mol. The van der Waals surface area contributed by atoms with E-state index < -0.39 is 0 Å². The van der Waals surface area contributed by atoms with Crippen molar-refractivity contribution in [2.75, 3.05) is 31.2 Å². The number of carbonyl (C=O) groups excluding carboxylic acids is 1. The summed E-state index contributed by atoms with van der Waals surface area (Å²) in [6.07, 6.45) is 7.03. The van der Waals surface area contributed by atoms with Crippen molar-refractivity contribution in [2.24, 2.45) is 0 Å². The molecule has 28 heavy (non-hydrogen) atoms. The van der Waals surface area contributed by atoms with E-state index in [1.807, 2.05) is 54.1 Å². The fourth-order valence-corrected chi connectivity index (χ4v) is 3.21. The molecule has 0 bridgehead atoms. The molecule has 1 aliphatic rings. The van der Waals surface area contributed by atoms with Crippen LogP contribution in [0.15, 0.2) is 61.3 Å². The van der Waals surface area contributed by atoms with E-state index in [1.165, 1.54) is 0 Å². The average molecular weight is 377 g/mol. The average Bonchev–Trinajstić information content (AvgIpc) is 3.29. The molecule has 1 aliphatic heterocycles. The Morgan fingerprint density at radius 1 is 1.14 bits per heavy atom. The quantitative estimate of drug-likeness (QED) is 0.740. The van der Waals surface area contributed by atoms with E-state index in [2.05, 4.69) is 20.2 Å². The van der Waals surface area contributed by atoms with Gasteiger partial charge in [-0.3, -0.25) is 4.79 Å². The second kappa shape index (κ2) is 8.22. The minimum absolute atomic E-state index is 0.108. The Bertz CT molecular complexity index is 901. The lowest BCUT2D eigenvalue weighted by Gasteiger charge is -2.27. The van der Waals surface area contributed by atoms with Gasteiger partial charge in [0.05, 0.1) is 31.1 Å². The molecule has 0 spiro atoms. The molecule has 2 aromatic heterocycles. The standard InChI is InChI=1S/C21H23N5O2/c1-16(17-2-5-19(6-3-17)26-9-8-22-15-26)24-21(27)18-4-7-20(23-14-18)25-10-12-28-13-11-25/h2-9,14-16H,10-13H2,1H3,(H,24,27)/t16-/m0/s1. The summed E-state index contributed by atoms with van der Waals surface area (Å²) in [4.78, 5) is 23.2. The van der Waals surface area contributed by atoms with Crippen molar-refractivity contribution in [1.29, 1.82) is 0 Å². The Morgan fingerprint density at radius 2 is 1.93 bits per heavy atom. The Hall–Kier alpha value is -3.19. The molecule has 1 fully saturated rings. The Labute approximate surface area is 164 Å². The van der Waals surface area contributed by atoms with E-state index in [0.717, 1.165) is 30.2 Å². The molecule has 0 aliphatic carbocycles. The molecule has 0 radical (unpaired) electrons. The zero-order chi connectivity index (χ0) is 19.3. The van der Waals surface area contributed by atoms with Gasteiger partial charge >= 0.3 is 0 Å². The summed E-state index contributed by atoms with van der Waals surface area (Å²) in [7, 11) is 0. The number of benzene rings is 1. The SMILES string of the molecule is C[C@H](NC(=O)c1ccc(N2CCOCC2)nc1)c1ccc(-n2ccnc2)cc1. The smallest absolute Gasteiger partial charge is 0.253 e. The van der Waals surface area contributed by atoms with Crippen molar-refractivity contribution < 1.29 is 9.53 Å². The highest BCUT2D eigenvalue weighted by molar-refractivity contribution is 5.94. The minimum Gasteiger partial charge on any atom is -0.378 e. The van der Waals surface area contributed by atoms with Crippen LogP contribution in [0.1, 0.15) is 28.9 Å². The fraction of sp³-hybridized carbons (Fsp3) is 0.286. The van der Waals surface area contributed by atoms with Gasteiger partial charge in [0.25, 0.3) is 5.91 Å². The molecule has 1 aromatic carbocycles. The third-order valence-corrected chi connectivity index (χ3v) is 4.89. The maximum atomic E-state index is 12.6. The van der Waals surface area contributed by atoms with Crippen molar-refractivity contribution in [1.82, 2.24) is 19.9 Å². The zero-order valence-corrected chi connectivity index (χ0v) is 15.8. The van der Waals surface area contributed by atoms with Crippen LogP contribution in [-0.4, -0.2) is 46.7 Å². The number of pyridine rings is 1. The predicted octanol–water partition coefficient (Wildman–Crippen LogP) is 2.59. The molecule has 3 heterocycles. The van der Waals surface area contributed by atoms with E-state index >= 15 is 0 Å². The van der Waals surface area contributed by atoms with E-state index in [0.29, 0.717) is 18.8 Å². The van der Waals surface area contributed by atoms with Crippen LogP contribution in [0.2, 0.25) is 0 Å². The van der Waals surface area contributed by atoms with Gasteiger partial charge in [0.1, 0.15) is 5.82 Å². The summed E-state index contributed by atoms with van der Waals surface area (Å²) in [5.74, 6) is 0.746. The minimum atomic E-state index is -0.132. The number of carbonyl (C=O) groups is 1. The summed E-state index contributed by atoms with van der Waals surface area (Å²) in [5, 5.41) is 3.03. The van der Waals surface area contributed by atoms with Crippen molar-refractivity contribution in [3.63, 3.8) is 0 Å². The summed E-state index contributed by atoms with van der Waals surface area (Å²) in [5.41, 5.74) is 2.62. The Kier molecular flexibility index (Phi) is 5.34. The first kappa shape index (κ1) is 18.2. The number of anilines is 1. The lowest BCUT2D eigenvalue weighted by Crippen LogP contribution is -2.36. The highest BCUT2D eigenvalue weighted by Crippen LogP contribution is 2.17. The lowest BCUT2D eigenvalue weighted by atomic mass is 10.1. The van der Waals surface area contributed by atoms with Gasteiger partial charge in [-0.2, -0.15) is 0 Å². The summed E-state index contributed by atoms with van der Waals surface area (Å²) >= 11 is 0. The predicted molar refractivity (Wildman–Crippen MR) is 107 cm³/mol. The second-order valence-electron chi connectivity index (χ2n) is 6.76. The number of morpholine rings is 1. The summed E-state index contributed by atoms with van der Waals surface area (Å²) in [6, 6.07) is 11.7. The van der Waals surface area contributed by atoms with Crippen LogP contribution in [0.5, 0.6) is 0 Å². The maximum Gasteiger partial charge on any atom is 0.253 e. The molecule has 0 unspecified atom stereocenters. The molecular weight excluding hydrogens is 354 g/mol. The molecule has 7 nitrogen and oxygen atoms in total. The van der Waals surface area contributed by atoms with Crippen molar-refractivity contribution in [3.8, 4) is 5.69 Å². The molecule has 1 atom stereocenters. The van der Waals surface area contributed by atoms with E-state index in [4.69, 9.17) is 4.74 Å². The number of ether oxygens (including phenoxy) is 1. The first-order valence-electron chi connectivity index (χ1n) is 9.38. The topological polar surface area (TPSA) is 72.3 Å². The van der Waals surface area contributed by atoms with Gasteiger partial charge in [-0.15, -0.1) is 0 Å². The Morgan fingerprint density at radius 3 is 2.57 bits per heavy atom. The first-order chi connectivity index (χ1) is 13.7. The normalized spacial score (nSPS) is 15.2. The van der Waals surface area contributed by atoms with Crippen LogP contribution in [-0.2, 0) is 4.74 Å². The fourth-order valence-electron chi connectivity index (χ4n) is 3.21. The molecule has 7 heteroatoms. The van der Waals surface area contributed by atoms with Gasteiger partial charge in [0.15, 0.2) is 0 Å². The number of hydrogen-bond acceptors (Lipinski definition) is 5. The van der Waals surface area contributed by atoms with Crippen molar-refractivity contribution in [3.05, 3.63) is 72.4 Å². The molecule has 1 amide bonds. The van der Waals surface area contributed by atoms with Gasteiger partial charge in [-0.25, -0.2) is 9.97 Å². The zero-order valence-electron chi connectivity index (χ0n) is 15.8. The van der Waals surface area contributed by atoms with Gasteiger partial charge in [0.2, 0.25) is 0 Å². The van der Waals surface area contributed by atoms with Crippen LogP contribution >= 0.6 is 0 Å². The number of nitrogens with one attached hydrogen (secondary N) is 1. The van der Waals surface area contributed by atoms with Gasteiger partial charge in [-0.1, -0.05) is 12.1 Å². The van der Waals surface area contributed by atoms with E-state index in [1.54, 1.807) is 18.7 Å². The lowest BCUT2D eigenvalue weighted by molar-refractivity contribution is 0.0939. The van der Waals surface area contributed by atoms with Crippen LogP contribution in [0.4, 0.5) is 5.82 Å². The molecule has 144 valence electrons. The highest BCUT2D eigenvalue weighted by atomic mass is 16.5. The molecular formula is C21H23N5O2. The number of imidazole rings is 1. The van der Waals surface area contributed by atoms with Crippen LogP contribution in [0.3, 0.4) is 0 Å². The molecule has 3 aromatic rings. The molecule has 1 N–H and O–H groups in total.